The van der Waals surface area contributed by atoms with Crippen molar-refractivity contribution in [2.24, 2.45) is 50.2 Å². The number of rotatable bonds is 7. The topological polar surface area (TPSA) is 55.8 Å². The first-order chi connectivity index (χ1) is 19.6. The van der Waals surface area contributed by atoms with Gasteiger partial charge in [-0.25, -0.2) is 0 Å². The monoisotopic (exact) mass is 578 g/mol. The van der Waals surface area contributed by atoms with Crippen LogP contribution in [0.1, 0.15) is 112 Å². The molecule has 4 aliphatic carbocycles. The number of allylic oxidation sites excluding steroid dienone is 2. The molecule has 0 aromatic heterocycles. The highest BCUT2D eigenvalue weighted by Crippen LogP contribution is 2.74. The first kappa shape index (κ1) is 31.8. The van der Waals surface area contributed by atoms with Crippen molar-refractivity contribution in [1.82, 2.24) is 0 Å². The Labute approximate surface area is 256 Å². The van der Waals surface area contributed by atoms with Gasteiger partial charge in [-0.2, -0.15) is 0 Å². The molecule has 6 unspecified atom stereocenters. The van der Waals surface area contributed by atoms with Gasteiger partial charge in [0.2, 0.25) is 0 Å². The number of hydrogen-bond acceptors (Lipinski definition) is 4. The number of ether oxygens (including phenoxy) is 2. The van der Waals surface area contributed by atoms with E-state index in [4.69, 9.17) is 9.47 Å². The van der Waals surface area contributed by atoms with Crippen LogP contribution in [0.25, 0.3) is 0 Å². The number of carbonyl (C=O) groups is 1. The lowest BCUT2D eigenvalue weighted by Crippen LogP contribution is -2.64. The van der Waals surface area contributed by atoms with Gasteiger partial charge in [0.15, 0.2) is 0 Å². The zero-order chi connectivity index (χ0) is 30.8. The Morgan fingerprint density at radius 3 is 2.33 bits per heavy atom. The minimum atomic E-state index is -0.881. The molecular formula is C38H58O4. The Balaban J connectivity index is 1.52. The van der Waals surface area contributed by atoms with Crippen molar-refractivity contribution in [2.75, 3.05) is 13.7 Å². The fraction of sp³-hybridized carbons (Fsp3) is 0.763. The Bertz CT molecular complexity index is 1190. The highest BCUT2D eigenvalue weighted by molar-refractivity contribution is 5.77. The smallest absolute Gasteiger partial charge is 0.314 e. The molecule has 0 saturated heterocycles. The fourth-order valence-corrected chi connectivity index (χ4v) is 11.1. The number of esters is 1. The average molecular weight is 579 g/mol. The lowest BCUT2D eigenvalue weighted by Gasteiger charge is -2.70. The molecule has 42 heavy (non-hydrogen) atoms. The van der Waals surface area contributed by atoms with Gasteiger partial charge >= 0.3 is 5.97 Å². The van der Waals surface area contributed by atoms with Crippen LogP contribution in [0.2, 0.25) is 0 Å². The standard InChI is InChI=1S/C38H58O4/c1-10-34(4)29(36(6,25-39)32(40)41-9)18-19-38(8)30(34)17-16-27-28-22-33(2,3)23-31(35(28,5)20-21-37(27,38)7)42-24-26-14-12-11-13-15-26/h11-16,28-31,39H,10,17-25H2,1-9H3/t28?,29?,30?,31-,34?,35?,36+,37-,38?/m1/s1. The second kappa shape index (κ2) is 10.8. The number of hydrogen-bond donors (Lipinski definition) is 1. The lowest BCUT2D eigenvalue weighted by molar-refractivity contribution is -0.198. The number of aliphatic hydroxyl groups excluding tert-OH is 1. The van der Waals surface area contributed by atoms with E-state index < -0.39 is 5.41 Å². The highest BCUT2D eigenvalue weighted by atomic mass is 16.5. The van der Waals surface area contributed by atoms with E-state index in [1.165, 1.54) is 31.9 Å². The van der Waals surface area contributed by atoms with E-state index >= 15 is 0 Å². The molecule has 0 radical (unpaired) electrons. The molecule has 4 aliphatic rings. The molecular weight excluding hydrogens is 520 g/mol. The van der Waals surface area contributed by atoms with Gasteiger partial charge in [-0.1, -0.05) is 96.9 Å². The summed E-state index contributed by atoms with van der Waals surface area (Å²) in [6.45, 7) is 19.8. The van der Waals surface area contributed by atoms with Crippen molar-refractivity contribution in [3.8, 4) is 0 Å². The zero-order valence-corrected chi connectivity index (χ0v) is 28.0. The summed E-state index contributed by atoms with van der Waals surface area (Å²) < 4.78 is 12.2. The van der Waals surface area contributed by atoms with Crippen LogP contribution in [0.4, 0.5) is 0 Å². The highest BCUT2D eigenvalue weighted by Gasteiger charge is 2.68. The fourth-order valence-electron chi connectivity index (χ4n) is 11.1. The van der Waals surface area contributed by atoms with Crippen LogP contribution >= 0.6 is 0 Å². The van der Waals surface area contributed by atoms with Crippen LogP contribution in [0.15, 0.2) is 42.0 Å². The van der Waals surface area contributed by atoms with Crippen LogP contribution < -0.4 is 0 Å². The summed E-state index contributed by atoms with van der Waals surface area (Å²) in [6, 6.07) is 10.7. The molecule has 3 saturated carbocycles. The summed E-state index contributed by atoms with van der Waals surface area (Å²) in [5, 5.41) is 10.6. The second-order valence-electron chi connectivity index (χ2n) is 16.6. The van der Waals surface area contributed by atoms with Gasteiger partial charge in [0, 0.05) is 5.41 Å². The van der Waals surface area contributed by atoms with Gasteiger partial charge in [0.05, 0.1) is 31.8 Å². The van der Waals surface area contributed by atoms with Gasteiger partial charge in [-0.3, -0.25) is 4.79 Å². The molecule has 1 N–H and O–H groups in total. The van der Waals surface area contributed by atoms with Crippen LogP contribution in [-0.2, 0) is 20.9 Å². The number of benzene rings is 1. The summed E-state index contributed by atoms with van der Waals surface area (Å²) in [4.78, 5) is 13.1. The molecule has 0 aliphatic heterocycles. The summed E-state index contributed by atoms with van der Waals surface area (Å²) in [7, 11) is 1.46. The molecule has 9 atom stereocenters. The summed E-state index contributed by atoms with van der Waals surface area (Å²) in [6.07, 6.45) is 11.7. The minimum absolute atomic E-state index is 0.0718. The first-order valence-electron chi connectivity index (χ1n) is 16.7. The molecule has 0 amide bonds. The Morgan fingerprint density at radius 2 is 1.71 bits per heavy atom. The maximum Gasteiger partial charge on any atom is 0.314 e. The van der Waals surface area contributed by atoms with Crippen LogP contribution in [-0.4, -0.2) is 30.9 Å². The molecule has 3 fully saturated rings. The van der Waals surface area contributed by atoms with Gasteiger partial charge in [0.25, 0.3) is 0 Å². The normalized spacial score (nSPS) is 42.3. The molecule has 4 nitrogen and oxygen atoms in total. The third-order valence-corrected chi connectivity index (χ3v) is 14.2. The summed E-state index contributed by atoms with van der Waals surface area (Å²) >= 11 is 0. The van der Waals surface area contributed by atoms with E-state index in [2.05, 4.69) is 84.9 Å². The Kier molecular flexibility index (Phi) is 8.14. The molecule has 0 heterocycles. The van der Waals surface area contributed by atoms with E-state index in [1.807, 2.05) is 6.92 Å². The van der Waals surface area contributed by atoms with Gasteiger partial charge in [-0.05, 0) is 96.8 Å². The number of carbonyl (C=O) groups excluding carboxylic acids is 1. The van der Waals surface area contributed by atoms with Crippen molar-refractivity contribution < 1.29 is 19.4 Å². The molecule has 0 spiro atoms. The van der Waals surface area contributed by atoms with E-state index in [0.29, 0.717) is 18.4 Å². The summed E-state index contributed by atoms with van der Waals surface area (Å²) in [5.74, 6) is 0.782. The Hall–Kier alpha value is -1.65. The summed E-state index contributed by atoms with van der Waals surface area (Å²) in [5.41, 5.74) is 2.60. The van der Waals surface area contributed by atoms with Gasteiger partial charge < -0.3 is 14.6 Å². The van der Waals surface area contributed by atoms with Crippen LogP contribution in [0.5, 0.6) is 0 Å². The van der Waals surface area contributed by atoms with Crippen molar-refractivity contribution in [2.45, 2.75) is 119 Å². The van der Waals surface area contributed by atoms with Crippen molar-refractivity contribution in [3.63, 3.8) is 0 Å². The van der Waals surface area contributed by atoms with Crippen molar-refractivity contribution >= 4 is 5.97 Å². The molecule has 1 aromatic rings. The SMILES string of the molecule is CCC1(C)C2CC=C3C4CC(C)(C)C[C@@H](OCc5ccccc5)C4(C)CC[C@@]3(C)C2(C)CCC1[C@](C)(CO)C(=O)OC. The van der Waals surface area contributed by atoms with Gasteiger partial charge in [0.1, 0.15) is 0 Å². The number of aliphatic hydroxyl groups is 1. The molecule has 5 rings (SSSR count). The van der Waals surface area contributed by atoms with E-state index in [9.17, 15) is 9.90 Å². The second-order valence-corrected chi connectivity index (χ2v) is 16.6. The molecule has 4 heteroatoms. The van der Waals surface area contributed by atoms with E-state index in [-0.39, 0.29) is 51.7 Å². The van der Waals surface area contributed by atoms with E-state index in [0.717, 1.165) is 32.1 Å². The minimum Gasteiger partial charge on any atom is -0.469 e. The van der Waals surface area contributed by atoms with Crippen molar-refractivity contribution in [3.05, 3.63) is 47.5 Å². The van der Waals surface area contributed by atoms with E-state index in [1.54, 1.807) is 5.57 Å². The number of methoxy groups -OCH3 is 1. The third kappa shape index (κ3) is 4.56. The van der Waals surface area contributed by atoms with Gasteiger partial charge in [-0.15, -0.1) is 0 Å². The largest absolute Gasteiger partial charge is 0.469 e. The number of fused-ring (bicyclic) bond motifs is 5. The Morgan fingerprint density at radius 1 is 1.02 bits per heavy atom. The maximum absolute atomic E-state index is 13.1. The van der Waals surface area contributed by atoms with Crippen LogP contribution in [0.3, 0.4) is 0 Å². The predicted molar refractivity (Wildman–Crippen MR) is 170 cm³/mol. The first-order valence-corrected chi connectivity index (χ1v) is 16.7. The lowest BCUT2D eigenvalue weighted by atomic mass is 9.34. The molecule has 0 bridgehead atoms. The average Bonchev–Trinajstić information content (AvgIpc) is 2.97. The van der Waals surface area contributed by atoms with Crippen LogP contribution in [0, 0.1) is 50.2 Å². The van der Waals surface area contributed by atoms with Crippen molar-refractivity contribution in [1.29, 1.82) is 0 Å². The molecule has 234 valence electrons. The maximum atomic E-state index is 13.1. The predicted octanol–water partition coefficient (Wildman–Crippen LogP) is 8.76. The third-order valence-electron chi connectivity index (χ3n) is 14.2. The zero-order valence-electron chi connectivity index (χ0n) is 28.0. The quantitative estimate of drug-likeness (QED) is 0.260. The molecule has 1 aromatic carbocycles.